The second-order valence-corrected chi connectivity index (χ2v) is 7.81. The smallest absolute Gasteiger partial charge is 0.257 e. The Bertz CT molecular complexity index is 686. The summed E-state index contributed by atoms with van der Waals surface area (Å²) in [6.07, 6.45) is 6.93. The number of aromatic nitrogens is 2. The van der Waals surface area contributed by atoms with Crippen molar-refractivity contribution in [2.45, 2.75) is 44.6 Å². The Hall–Kier alpha value is -1.73. The predicted octanol–water partition coefficient (Wildman–Crippen LogP) is 2.82. The Labute approximate surface area is 151 Å². The van der Waals surface area contributed by atoms with Crippen LogP contribution in [0.2, 0.25) is 0 Å². The molecule has 0 unspecified atom stereocenters. The highest BCUT2D eigenvalue weighted by molar-refractivity contribution is 7.13. The summed E-state index contributed by atoms with van der Waals surface area (Å²) in [5, 5.41) is 10.0. The quantitative estimate of drug-likeness (QED) is 0.839. The molecule has 25 heavy (non-hydrogen) atoms. The van der Waals surface area contributed by atoms with Crippen LogP contribution in [0.5, 0.6) is 0 Å². The van der Waals surface area contributed by atoms with Gasteiger partial charge in [-0.25, -0.2) is 0 Å². The largest absolute Gasteiger partial charge is 0.419 e. The highest BCUT2D eigenvalue weighted by atomic mass is 32.1. The van der Waals surface area contributed by atoms with Crippen LogP contribution in [0.15, 0.2) is 21.9 Å². The van der Waals surface area contributed by atoms with Gasteiger partial charge in [-0.15, -0.1) is 21.5 Å². The summed E-state index contributed by atoms with van der Waals surface area (Å²) in [6.45, 7) is 3.59. The van der Waals surface area contributed by atoms with Gasteiger partial charge in [-0.3, -0.25) is 9.69 Å². The maximum absolute atomic E-state index is 12.5. The number of hydrogen-bond donors (Lipinski definition) is 0. The van der Waals surface area contributed by atoms with Crippen molar-refractivity contribution in [1.82, 2.24) is 20.0 Å². The fourth-order valence-corrected chi connectivity index (χ4v) is 4.49. The average molecular weight is 360 g/mol. The molecule has 1 aliphatic heterocycles. The molecule has 1 saturated heterocycles. The molecule has 134 valence electrons. The van der Waals surface area contributed by atoms with E-state index < -0.39 is 0 Å². The summed E-state index contributed by atoms with van der Waals surface area (Å²) in [6, 6.07) is 4.62. The third-order valence-corrected chi connectivity index (χ3v) is 6.12. The summed E-state index contributed by atoms with van der Waals surface area (Å²) in [7, 11) is 0. The lowest BCUT2D eigenvalue weighted by molar-refractivity contribution is -0.133. The third kappa shape index (κ3) is 3.93. The zero-order valence-corrected chi connectivity index (χ0v) is 15.2. The zero-order chi connectivity index (χ0) is 17.1. The topological polar surface area (TPSA) is 62.5 Å². The van der Waals surface area contributed by atoms with E-state index in [-0.39, 0.29) is 12.3 Å². The molecule has 2 aromatic rings. The lowest BCUT2D eigenvalue weighted by Crippen LogP contribution is -2.52. The standard InChI is InChI=1S/C18H24N4O2S/c23-17(13-16-19-20-18(24-16)15-7-4-12-25-15)22-10-8-21(9-11-22)14-5-2-1-3-6-14/h4,7,12,14H,1-3,5-6,8-11,13H2. The monoisotopic (exact) mass is 360 g/mol. The van der Waals surface area contributed by atoms with Gasteiger partial charge >= 0.3 is 0 Å². The van der Waals surface area contributed by atoms with Crippen LogP contribution in [0.3, 0.4) is 0 Å². The van der Waals surface area contributed by atoms with Crippen LogP contribution in [-0.2, 0) is 11.2 Å². The molecule has 7 heteroatoms. The van der Waals surface area contributed by atoms with Gasteiger partial charge < -0.3 is 9.32 Å². The van der Waals surface area contributed by atoms with Gasteiger partial charge in [0.1, 0.15) is 6.42 Å². The number of thiophene rings is 1. The van der Waals surface area contributed by atoms with E-state index in [1.54, 1.807) is 11.3 Å². The number of hydrogen-bond acceptors (Lipinski definition) is 6. The van der Waals surface area contributed by atoms with Crippen LogP contribution >= 0.6 is 11.3 Å². The predicted molar refractivity (Wildman–Crippen MR) is 96.3 cm³/mol. The first-order valence-electron chi connectivity index (χ1n) is 9.18. The fourth-order valence-electron chi connectivity index (χ4n) is 3.85. The molecule has 0 spiro atoms. The molecule has 0 radical (unpaired) electrons. The normalized spacial score (nSPS) is 20.1. The minimum Gasteiger partial charge on any atom is -0.419 e. The van der Waals surface area contributed by atoms with E-state index in [0.29, 0.717) is 11.8 Å². The Morgan fingerprint density at radius 1 is 1.16 bits per heavy atom. The van der Waals surface area contributed by atoms with Gasteiger partial charge in [-0.1, -0.05) is 25.3 Å². The van der Waals surface area contributed by atoms with Crippen LogP contribution in [0, 0.1) is 0 Å². The van der Waals surface area contributed by atoms with Gasteiger partial charge in [0.05, 0.1) is 4.88 Å². The molecule has 6 nitrogen and oxygen atoms in total. The van der Waals surface area contributed by atoms with Gasteiger partial charge in [0.25, 0.3) is 5.89 Å². The van der Waals surface area contributed by atoms with Crippen LogP contribution in [-0.4, -0.2) is 58.1 Å². The van der Waals surface area contributed by atoms with Gasteiger partial charge in [-0.2, -0.15) is 0 Å². The number of amides is 1. The van der Waals surface area contributed by atoms with Crippen molar-refractivity contribution in [3.05, 3.63) is 23.4 Å². The Balaban J connectivity index is 1.29. The molecule has 4 rings (SSSR count). The minimum atomic E-state index is 0.0877. The second kappa shape index (κ2) is 7.66. The SMILES string of the molecule is O=C(Cc1nnc(-c2cccs2)o1)N1CCN(C2CCCCC2)CC1. The molecular formula is C18H24N4O2S. The molecule has 0 atom stereocenters. The van der Waals surface area contributed by atoms with Gasteiger partial charge in [0, 0.05) is 32.2 Å². The van der Waals surface area contributed by atoms with Crippen LogP contribution in [0.1, 0.15) is 38.0 Å². The molecule has 1 saturated carbocycles. The van der Waals surface area contributed by atoms with Crippen molar-refractivity contribution >= 4 is 17.2 Å². The average Bonchev–Trinajstić information content (AvgIpc) is 3.34. The van der Waals surface area contributed by atoms with Crippen molar-refractivity contribution in [1.29, 1.82) is 0 Å². The first-order chi connectivity index (χ1) is 12.3. The first kappa shape index (κ1) is 16.7. The summed E-state index contributed by atoms with van der Waals surface area (Å²) < 4.78 is 5.64. The molecule has 2 aromatic heterocycles. The molecule has 0 N–H and O–H groups in total. The van der Waals surface area contributed by atoms with Crippen molar-refractivity contribution in [2.24, 2.45) is 0 Å². The fraction of sp³-hybridized carbons (Fsp3) is 0.611. The Morgan fingerprint density at radius 2 is 1.96 bits per heavy atom. The maximum Gasteiger partial charge on any atom is 0.257 e. The molecule has 2 fully saturated rings. The van der Waals surface area contributed by atoms with Gasteiger partial charge in [0.2, 0.25) is 11.8 Å². The van der Waals surface area contributed by atoms with Crippen LogP contribution < -0.4 is 0 Å². The number of carbonyl (C=O) groups excluding carboxylic acids is 1. The zero-order valence-electron chi connectivity index (χ0n) is 14.4. The van der Waals surface area contributed by atoms with Gasteiger partial charge in [0.15, 0.2) is 0 Å². The highest BCUT2D eigenvalue weighted by Crippen LogP contribution is 2.24. The van der Waals surface area contributed by atoms with Crippen LogP contribution in [0.4, 0.5) is 0 Å². The summed E-state index contributed by atoms with van der Waals surface area (Å²) in [4.78, 5) is 18.0. The number of rotatable bonds is 4. The van der Waals surface area contributed by atoms with E-state index in [4.69, 9.17) is 4.42 Å². The van der Waals surface area contributed by atoms with E-state index in [1.165, 1.54) is 32.1 Å². The van der Waals surface area contributed by atoms with Crippen molar-refractivity contribution < 1.29 is 9.21 Å². The number of piperazine rings is 1. The summed E-state index contributed by atoms with van der Waals surface area (Å²) in [5.74, 6) is 0.993. The summed E-state index contributed by atoms with van der Waals surface area (Å²) >= 11 is 1.55. The van der Waals surface area contributed by atoms with Crippen molar-refractivity contribution in [3.63, 3.8) is 0 Å². The van der Waals surface area contributed by atoms with E-state index in [1.807, 2.05) is 22.4 Å². The highest BCUT2D eigenvalue weighted by Gasteiger charge is 2.27. The lowest BCUT2D eigenvalue weighted by atomic mass is 9.94. The first-order valence-corrected chi connectivity index (χ1v) is 10.1. The minimum absolute atomic E-state index is 0.0877. The molecule has 2 aliphatic rings. The molecule has 1 amide bonds. The molecule has 0 aromatic carbocycles. The maximum atomic E-state index is 12.5. The number of nitrogens with zero attached hydrogens (tertiary/aromatic N) is 4. The second-order valence-electron chi connectivity index (χ2n) is 6.86. The van der Waals surface area contributed by atoms with E-state index in [9.17, 15) is 4.79 Å². The van der Waals surface area contributed by atoms with Gasteiger partial charge in [-0.05, 0) is 24.3 Å². The number of carbonyl (C=O) groups is 1. The van der Waals surface area contributed by atoms with E-state index in [0.717, 1.165) is 37.1 Å². The Kier molecular flexibility index (Phi) is 5.12. The molecular weight excluding hydrogens is 336 g/mol. The third-order valence-electron chi connectivity index (χ3n) is 5.26. The van der Waals surface area contributed by atoms with E-state index in [2.05, 4.69) is 15.1 Å². The van der Waals surface area contributed by atoms with E-state index >= 15 is 0 Å². The summed E-state index contributed by atoms with van der Waals surface area (Å²) in [5.41, 5.74) is 0. The van der Waals surface area contributed by atoms with Crippen molar-refractivity contribution in [3.8, 4) is 10.8 Å². The van der Waals surface area contributed by atoms with Crippen molar-refractivity contribution in [2.75, 3.05) is 26.2 Å². The molecule has 1 aliphatic carbocycles. The van der Waals surface area contributed by atoms with Crippen LogP contribution in [0.25, 0.3) is 10.8 Å². The Morgan fingerprint density at radius 3 is 2.68 bits per heavy atom. The molecule has 3 heterocycles. The lowest BCUT2D eigenvalue weighted by Gasteiger charge is -2.40. The molecule has 0 bridgehead atoms.